The van der Waals surface area contributed by atoms with Crippen LogP contribution in [0.5, 0.6) is 5.75 Å². The van der Waals surface area contributed by atoms with Crippen LogP contribution in [0.1, 0.15) is 24.8 Å². The number of hydrogen-bond donors (Lipinski definition) is 1. The van der Waals surface area contributed by atoms with E-state index in [-0.39, 0.29) is 0 Å². The molecule has 1 aliphatic rings. The first-order valence-corrected chi connectivity index (χ1v) is 8.00. The lowest BCUT2D eigenvalue weighted by Crippen LogP contribution is -2.33. The highest BCUT2D eigenvalue weighted by molar-refractivity contribution is 9.10. The second-order valence-corrected chi connectivity index (χ2v) is 5.97. The molecule has 1 saturated heterocycles. The molecule has 0 aromatic heterocycles. The van der Waals surface area contributed by atoms with Gasteiger partial charge in [-0.05, 0) is 65.6 Å². The lowest BCUT2D eigenvalue weighted by atomic mass is 10.1. The number of benzene rings is 1. The van der Waals surface area contributed by atoms with E-state index in [0.717, 1.165) is 28.4 Å². The molecule has 0 amide bonds. The third kappa shape index (κ3) is 5.52. The summed E-state index contributed by atoms with van der Waals surface area (Å²) in [4.78, 5) is 12.9. The number of carboxylic acids is 1. The molecular formula is C16H20BrNO3. The van der Waals surface area contributed by atoms with E-state index in [0.29, 0.717) is 6.61 Å². The predicted octanol–water partition coefficient (Wildman–Crippen LogP) is 3.41. The summed E-state index contributed by atoms with van der Waals surface area (Å²) in [7, 11) is 0. The van der Waals surface area contributed by atoms with Gasteiger partial charge in [-0.1, -0.05) is 12.5 Å². The molecule has 1 aromatic carbocycles. The number of carbonyl (C=O) groups is 1. The first-order chi connectivity index (χ1) is 10.1. The summed E-state index contributed by atoms with van der Waals surface area (Å²) >= 11 is 3.46. The maximum absolute atomic E-state index is 10.5. The van der Waals surface area contributed by atoms with Crippen LogP contribution in [-0.2, 0) is 4.79 Å². The maximum atomic E-state index is 10.5. The lowest BCUT2D eigenvalue weighted by Gasteiger charge is -2.26. The van der Waals surface area contributed by atoms with Gasteiger partial charge in [-0.25, -0.2) is 4.79 Å². The van der Waals surface area contributed by atoms with Gasteiger partial charge in [0.05, 0.1) is 4.47 Å². The monoisotopic (exact) mass is 353 g/mol. The van der Waals surface area contributed by atoms with Gasteiger partial charge in [0.15, 0.2) is 0 Å². The molecule has 2 rings (SSSR count). The van der Waals surface area contributed by atoms with E-state index in [1.165, 1.54) is 32.4 Å². The highest BCUT2D eigenvalue weighted by atomic mass is 79.9. The van der Waals surface area contributed by atoms with E-state index in [1.54, 1.807) is 6.08 Å². The number of hydrogen-bond acceptors (Lipinski definition) is 3. The van der Waals surface area contributed by atoms with Crippen LogP contribution in [0.25, 0.3) is 6.08 Å². The molecule has 114 valence electrons. The summed E-state index contributed by atoms with van der Waals surface area (Å²) in [5.74, 6) is -0.160. The number of rotatable bonds is 6. The summed E-state index contributed by atoms with van der Waals surface area (Å²) in [6.07, 6.45) is 6.60. The largest absolute Gasteiger partial charge is 0.491 e. The van der Waals surface area contributed by atoms with Crippen LogP contribution in [0.2, 0.25) is 0 Å². The molecule has 1 aliphatic heterocycles. The van der Waals surface area contributed by atoms with Crippen molar-refractivity contribution in [3.8, 4) is 5.75 Å². The first kappa shape index (κ1) is 16.0. The Balaban J connectivity index is 1.84. The minimum absolute atomic E-state index is 0.670. The number of halogens is 1. The fourth-order valence-corrected chi connectivity index (χ4v) is 2.88. The molecule has 0 bridgehead atoms. The Morgan fingerprint density at radius 2 is 2.10 bits per heavy atom. The molecule has 1 aromatic rings. The molecule has 4 nitrogen and oxygen atoms in total. The Labute approximate surface area is 133 Å². The zero-order valence-corrected chi connectivity index (χ0v) is 13.5. The fraction of sp³-hybridized carbons (Fsp3) is 0.438. The molecular weight excluding hydrogens is 334 g/mol. The molecule has 1 N–H and O–H groups in total. The van der Waals surface area contributed by atoms with Crippen molar-refractivity contribution >= 4 is 28.0 Å². The van der Waals surface area contributed by atoms with Crippen LogP contribution < -0.4 is 4.74 Å². The third-order valence-corrected chi connectivity index (χ3v) is 4.11. The van der Waals surface area contributed by atoms with Crippen LogP contribution in [0, 0.1) is 0 Å². The summed E-state index contributed by atoms with van der Waals surface area (Å²) in [6.45, 7) is 3.96. The first-order valence-electron chi connectivity index (χ1n) is 7.21. The number of aliphatic carboxylic acids is 1. The predicted molar refractivity (Wildman–Crippen MR) is 86.6 cm³/mol. The van der Waals surface area contributed by atoms with Crippen molar-refractivity contribution in [1.29, 1.82) is 0 Å². The van der Waals surface area contributed by atoms with Gasteiger partial charge in [0, 0.05) is 12.6 Å². The van der Waals surface area contributed by atoms with Crippen molar-refractivity contribution in [2.45, 2.75) is 19.3 Å². The van der Waals surface area contributed by atoms with Gasteiger partial charge in [0.1, 0.15) is 12.4 Å². The average Bonchev–Trinajstić information content (AvgIpc) is 2.48. The summed E-state index contributed by atoms with van der Waals surface area (Å²) in [5, 5.41) is 8.61. The van der Waals surface area contributed by atoms with Crippen LogP contribution in [-0.4, -0.2) is 42.2 Å². The molecule has 0 atom stereocenters. The lowest BCUT2D eigenvalue weighted by molar-refractivity contribution is -0.131. The van der Waals surface area contributed by atoms with E-state index < -0.39 is 5.97 Å². The summed E-state index contributed by atoms with van der Waals surface area (Å²) < 4.78 is 6.63. The summed E-state index contributed by atoms with van der Waals surface area (Å²) in [5.41, 5.74) is 0.827. The van der Waals surface area contributed by atoms with Gasteiger partial charge in [-0.2, -0.15) is 0 Å². The smallest absolute Gasteiger partial charge is 0.328 e. The van der Waals surface area contributed by atoms with Gasteiger partial charge in [-0.15, -0.1) is 0 Å². The van der Waals surface area contributed by atoms with Crippen molar-refractivity contribution in [1.82, 2.24) is 4.90 Å². The highest BCUT2D eigenvalue weighted by Crippen LogP contribution is 2.26. The van der Waals surface area contributed by atoms with E-state index in [4.69, 9.17) is 9.84 Å². The highest BCUT2D eigenvalue weighted by Gasteiger charge is 2.10. The van der Waals surface area contributed by atoms with Gasteiger partial charge >= 0.3 is 5.97 Å². The zero-order valence-electron chi connectivity index (χ0n) is 11.9. The SMILES string of the molecule is O=C(O)C=Cc1ccc(OCCN2CCCCC2)c(Br)c1. The van der Waals surface area contributed by atoms with Crippen LogP contribution in [0.15, 0.2) is 28.7 Å². The second kappa shape index (κ2) is 8.20. The molecule has 1 fully saturated rings. The van der Waals surface area contributed by atoms with Gasteiger partial charge in [-0.3, -0.25) is 4.90 Å². The molecule has 21 heavy (non-hydrogen) atoms. The Bertz CT molecular complexity index is 510. The van der Waals surface area contributed by atoms with Crippen LogP contribution >= 0.6 is 15.9 Å². The van der Waals surface area contributed by atoms with E-state index in [1.807, 2.05) is 18.2 Å². The van der Waals surface area contributed by atoms with Gasteiger partial charge in [0.25, 0.3) is 0 Å². The van der Waals surface area contributed by atoms with Crippen molar-refractivity contribution in [2.75, 3.05) is 26.2 Å². The fourth-order valence-electron chi connectivity index (χ4n) is 2.37. The minimum atomic E-state index is -0.951. The molecule has 0 radical (unpaired) electrons. The van der Waals surface area contributed by atoms with E-state index >= 15 is 0 Å². The number of likely N-dealkylation sites (tertiary alicyclic amines) is 1. The Hall–Kier alpha value is -1.33. The quantitative estimate of drug-likeness (QED) is 0.796. The Morgan fingerprint density at radius 1 is 1.33 bits per heavy atom. The van der Waals surface area contributed by atoms with Crippen molar-refractivity contribution in [3.05, 3.63) is 34.3 Å². The standard InChI is InChI=1S/C16H20BrNO3/c17-14-12-13(5-7-16(19)20)4-6-15(14)21-11-10-18-8-2-1-3-9-18/h4-7,12H,1-3,8-11H2,(H,19,20). The van der Waals surface area contributed by atoms with Crippen LogP contribution in [0.4, 0.5) is 0 Å². The minimum Gasteiger partial charge on any atom is -0.491 e. The van der Waals surface area contributed by atoms with Crippen LogP contribution in [0.3, 0.4) is 0 Å². The molecule has 1 heterocycles. The Morgan fingerprint density at radius 3 is 2.76 bits per heavy atom. The van der Waals surface area contributed by atoms with Crippen molar-refractivity contribution in [2.24, 2.45) is 0 Å². The number of piperidine rings is 1. The molecule has 0 aliphatic carbocycles. The molecule has 0 spiro atoms. The van der Waals surface area contributed by atoms with Crippen molar-refractivity contribution in [3.63, 3.8) is 0 Å². The topological polar surface area (TPSA) is 49.8 Å². The van der Waals surface area contributed by atoms with E-state index in [2.05, 4.69) is 20.8 Å². The normalized spacial score (nSPS) is 16.2. The van der Waals surface area contributed by atoms with Gasteiger partial charge < -0.3 is 9.84 Å². The second-order valence-electron chi connectivity index (χ2n) is 5.11. The maximum Gasteiger partial charge on any atom is 0.328 e. The number of carboxylic acid groups (broad SMARTS) is 1. The molecule has 5 heteroatoms. The average molecular weight is 354 g/mol. The molecule has 0 saturated carbocycles. The van der Waals surface area contributed by atoms with E-state index in [9.17, 15) is 4.79 Å². The summed E-state index contributed by atoms with van der Waals surface area (Å²) in [6, 6.07) is 5.57. The number of ether oxygens (including phenoxy) is 1. The third-order valence-electron chi connectivity index (χ3n) is 3.49. The van der Waals surface area contributed by atoms with Gasteiger partial charge in [0.2, 0.25) is 0 Å². The molecule has 0 unspecified atom stereocenters. The van der Waals surface area contributed by atoms with Crippen molar-refractivity contribution < 1.29 is 14.6 Å². The Kier molecular flexibility index (Phi) is 6.26. The number of nitrogens with zero attached hydrogens (tertiary/aromatic N) is 1. The zero-order chi connectivity index (χ0) is 15.1.